The summed E-state index contributed by atoms with van der Waals surface area (Å²) < 4.78 is 0. The minimum atomic E-state index is -0.443. The molecule has 0 radical (unpaired) electrons. The second-order valence-electron chi connectivity index (χ2n) is 3.82. The van der Waals surface area contributed by atoms with E-state index in [1.54, 1.807) is 6.07 Å². The summed E-state index contributed by atoms with van der Waals surface area (Å²) in [5.41, 5.74) is 0.0303. The fourth-order valence-electron chi connectivity index (χ4n) is 1.41. The molecule has 0 amide bonds. The SMILES string of the molecule is O=[N+]([O-])c1ccc(NCCC2CC2)nc1. The molecule has 1 aromatic heterocycles. The molecule has 5 heteroatoms. The van der Waals surface area contributed by atoms with E-state index in [1.807, 2.05) is 0 Å². The van der Waals surface area contributed by atoms with Crippen molar-refractivity contribution < 1.29 is 4.92 Å². The highest BCUT2D eigenvalue weighted by atomic mass is 16.6. The van der Waals surface area contributed by atoms with Crippen molar-refractivity contribution in [3.8, 4) is 0 Å². The number of nitrogens with one attached hydrogen (secondary N) is 1. The van der Waals surface area contributed by atoms with Crippen LogP contribution in [0.25, 0.3) is 0 Å². The molecule has 1 aliphatic rings. The number of rotatable bonds is 5. The molecule has 1 aromatic rings. The van der Waals surface area contributed by atoms with Crippen molar-refractivity contribution in [2.75, 3.05) is 11.9 Å². The third-order valence-corrected chi connectivity index (χ3v) is 2.51. The van der Waals surface area contributed by atoms with E-state index in [-0.39, 0.29) is 5.69 Å². The van der Waals surface area contributed by atoms with Gasteiger partial charge in [0.2, 0.25) is 0 Å². The molecule has 2 rings (SSSR count). The monoisotopic (exact) mass is 207 g/mol. The lowest BCUT2D eigenvalue weighted by atomic mass is 10.3. The van der Waals surface area contributed by atoms with Crippen LogP contribution in [0.2, 0.25) is 0 Å². The Morgan fingerprint density at radius 3 is 2.87 bits per heavy atom. The van der Waals surface area contributed by atoms with Gasteiger partial charge in [0.15, 0.2) is 0 Å². The van der Waals surface area contributed by atoms with Crippen LogP contribution in [0.3, 0.4) is 0 Å². The highest BCUT2D eigenvalue weighted by Crippen LogP contribution is 2.32. The van der Waals surface area contributed by atoms with Gasteiger partial charge in [0.05, 0.1) is 4.92 Å². The Bertz CT molecular complexity index is 346. The van der Waals surface area contributed by atoms with Gasteiger partial charge in [-0.3, -0.25) is 10.1 Å². The Morgan fingerprint density at radius 2 is 2.33 bits per heavy atom. The van der Waals surface area contributed by atoms with Crippen molar-refractivity contribution in [3.05, 3.63) is 28.4 Å². The normalized spacial score (nSPS) is 14.9. The third-order valence-electron chi connectivity index (χ3n) is 2.51. The topological polar surface area (TPSA) is 68.1 Å². The maximum atomic E-state index is 10.4. The minimum absolute atomic E-state index is 0.0303. The second-order valence-corrected chi connectivity index (χ2v) is 3.82. The van der Waals surface area contributed by atoms with Crippen LogP contribution in [-0.4, -0.2) is 16.5 Å². The summed E-state index contributed by atoms with van der Waals surface area (Å²) in [5.74, 6) is 1.59. The highest BCUT2D eigenvalue weighted by molar-refractivity contribution is 5.39. The highest BCUT2D eigenvalue weighted by Gasteiger charge is 2.20. The molecule has 80 valence electrons. The lowest BCUT2D eigenvalue weighted by molar-refractivity contribution is -0.385. The van der Waals surface area contributed by atoms with Gasteiger partial charge in [-0.1, -0.05) is 12.8 Å². The Morgan fingerprint density at radius 1 is 1.53 bits per heavy atom. The van der Waals surface area contributed by atoms with Gasteiger partial charge in [-0.2, -0.15) is 0 Å². The van der Waals surface area contributed by atoms with Crippen molar-refractivity contribution >= 4 is 11.5 Å². The third kappa shape index (κ3) is 2.90. The van der Waals surface area contributed by atoms with E-state index in [9.17, 15) is 10.1 Å². The average molecular weight is 207 g/mol. The van der Waals surface area contributed by atoms with Crippen LogP contribution in [0.15, 0.2) is 18.3 Å². The molecule has 0 bridgehead atoms. The van der Waals surface area contributed by atoms with Gasteiger partial charge in [0, 0.05) is 12.6 Å². The molecular formula is C10H13N3O2. The molecule has 0 saturated heterocycles. The first-order valence-corrected chi connectivity index (χ1v) is 5.10. The molecule has 15 heavy (non-hydrogen) atoms. The molecule has 0 aliphatic heterocycles. The van der Waals surface area contributed by atoms with Crippen molar-refractivity contribution in [2.45, 2.75) is 19.3 Å². The molecule has 0 spiro atoms. The summed E-state index contributed by atoms with van der Waals surface area (Å²) in [6, 6.07) is 3.11. The number of hydrogen-bond donors (Lipinski definition) is 1. The Hall–Kier alpha value is -1.65. The molecule has 1 heterocycles. The molecule has 0 unspecified atom stereocenters. The van der Waals surface area contributed by atoms with Gasteiger partial charge in [-0.25, -0.2) is 4.98 Å². The zero-order valence-corrected chi connectivity index (χ0v) is 8.35. The van der Waals surface area contributed by atoms with Crippen LogP contribution in [0, 0.1) is 16.0 Å². The number of nitro groups is 1. The quantitative estimate of drug-likeness (QED) is 0.593. The first-order valence-electron chi connectivity index (χ1n) is 5.10. The molecule has 1 fully saturated rings. The molecule has 1 N–H and O–H groups in total. The lowest BCUT2D eigenvalue weighted by Crippen LogP contribution is -2.03. The average Bonchev–Trinajstić information content (AvgIpc) is 3.02. The van der Waals surface area contributed by atoms with Gasteiger partial charge >= 0.3 is 0 Å². The molecule has 0 aromatic carbocycles. The summed E-state index contributed by atoms with van der Waals surface area (Å²) >= 11 is 0. The van der Waals surface area contributed by atoms with Crippen LogP contribution in [0.1, 0.15) is 19.3 Å². The van der Waals surface area contributed by atoms with E-state index in [0.717, 1.165) is 12.5 Å². The van der Waals surface area contributed by atoms with Gasteiger partial charge < -0.3 is 5.32 Å². The first-order chi connectivity index (χ1) is 7.25. The number of hydrogen-bond acceptors (Lipinski definition) is 4. The van der Waals surface area contributed by atoms with Gasteiger partial charge in [0.25, 0.3) is 5.69 Å². The van der Waals surface area contributed by atoms with Crippen LogP contribution < -0.4 is 5.32 Å². The van der Waals surface area contributed by atoms with Crippen molar-refractivity contribution in [2.24, 2.45) is 5.92 Å². The summed E-state index contributed by atoms with van der Waals surface area (Å²) in [6.45, 7) is 0.898. The smallest absolute Gasteiger partial charge is 0.287 e. The summed E-state index contributed by atoms with van der Waals surface area (Å²) in [5, 5.41) is 13.5. The molecular weight excluding hydrogens is 194 g/mol. The van der Waals surface area contributed by atoms with Crippen LogP contribution >= 0.6 is 0 Å². The first kappa shape index (κ1) is 9.89. The lowest BCUT2D eigenvalue weighted by Gasteiger charge is -2.03. The van der Waals surface area contributed by atoms with Crippen LogP contribution in [0.5, 0.6) is 0 Å². The Labute approximate surface area is 87.7 Å². The summed E-state index contributed by atoms with van der Waals surface area (Å²) in [6.07, 6.45) is 5.13. The standard InChI is InChI=1S/C10H13N3O2/c14-13(15)9-3-4-10(12-7-9)11-6-5-8-1-2-8/h3-4,7-8H,1-2,5-6H2,(H,11,12). The van der Waals surface area contributed by atoms with Gasteiger partial charge in [-0.15, -0.1) is 0 Å². The fourth-order valence-corrected chi connectivity index (χ4v) is 1.41. The predicted octanol–water partition coefficient (Wildman–Crippen LogP) is 2.20. The van der Waals surface area contributed by atoms with Gasteiger partial charge in [0.1, 0.15) is 12.0 Å². The van der Waals surface area contributed by atoms with E-state index in [0.29, 0.717) is 5.82 Å². The minimum Gasteiger partial charge on any atom is -0.370 e. The predicted molar refractivity (Wildman–Crippen MR) is 56.7 cm³/mol. The Kier molecular flexibility index (Phi) is 2.80. The van der Waals surface area contributed by atoms with E-state index in [4.69, 9.17) is 0 Å². The zero-order valence-electron chi connectivity index (χ0n) is 8.35. The van der Waals surface area contributed by atoms with E-state index in [2.05, 4.69) is 10.3 Å². The number of nitrogens with zero attached hydrogens (tertiary/aromatic N) is 2. The van der Waals surface area contributed by atoms with Crippen molar-refractivity contribution in [1.29, 1.82) is 0 Å². The van der Waals surface area contributed by atoms with Crippen molar-refractivity contribution in [3.63, 3.8) is 0 Å². The molecule has 1 saturated carbocycles. The van der Waals surface area contributed by atoms with E-state index < -0.39 is 4.92 Å². The zero-order chi connectivity index (χ0) is 10.7. The maximum Gasteiger partial charge on any atom is 0.287 e. The fraction of sp³-hybridized carbons (Fsp3) is 0.500. The van der Waals surface area contributed by atoms with E-state index >= 15 is 0 Å². The number of anilines is 1. The van der Waals surface area contributed by atoms with E-state index in [1.165, 1.54) is 31.5 Å². The molecule has 0 atom stereocenters. The summed E-state index contributed by atoms with van der Waals surface area (Å²) in [7, 11) is 0. The van der Waals surface area contributed by atoms with Gasteiger partial charge in [-0.05, 0) is 18.4 Å². The largest absolute Gasteiger partial charge is 0.370 e. The Balaban J connectivity index is 1.83. The summed E-state index contributed by atoms with van der Waals surface area (Å²) in [4.78, 5) is 13.9. The van der Waals surface area contributed by atoms with Crippen molar-refractivity contribution in [1.82, 2.24) is 4.98 Å². The molecule has 1 aliphatic carbocycles. The second kappa shape index (κ2) is 4.25. The molecule has 5 nitrogen and oxygen atoms in total. The number of aromatic nitrogens is 1. The maximum absolute atomic E-state index is 10.4. The number of pyridine rings is 1. The van der Waals surface area contributed by atoms with Crippen LogP contribution in [-0.2, 0) is 0 Å². The van der Waals surface area contributed by atoms with Crippen LogP contribution in [0.4, 0.5) is 11.5 Å².